The van der Waals surface area contributed by atoms with Crippen LogP contribution in [0.3, 0.4) is 0 Å². The maximum absolute atomic E-state index is 6.16. The Balaban J connectivity index is 1.86. The third-order valence-electron chi connectivity index (χ3n) is 4.69. The molecule has 1 aliphatic rings. The van der Waals surface area contributed by atoms with Gasteiger partial charge in [-0.2, -0.15) is 0 Å². The molecule has 0 spiro atoms. The minimum Gasteiger partial charge on any atom is -0.383 e. The van der Waals surface area contributed by atoms with Gasteiger partial charge in [0.2, 0.25) is 0 Å². The minimum atomic E-state index is -0.501. The smallest absolute Gasteiger partial charge is 0.127 e. The van der Waals surface area contributed by atoms with Crippen molar-refractivity contribution >= 4 is 29.0 Å². The molecule has 1 heterocycles. The summed E-state index contributed by atoms with van der Waals surface area (Å²) >= 11 is 12.3. The maximum Gasteiger partial charge on any atom is 0.127 e. The summed E-state index contributed by atoms with van der Waals surface area (Å²) in [7, 11) is 0. The van der Waals surface area contributed by atoms with Crippen molar-refractivity contribution in [3.63, 3.8) is 0 Å². The molecule has 25 heavy (non-hydrogen) atoms. The Kier molecular flexibility index (Phi) is 3.82. The Labute approximate surface area is 156 Å². The van der Waals surface area contributed by atoms with E-state index in [0.29, 0.717) is 15.9 Å². The standard InChI is InChI=1S/C21H16Cl2N2/c1-21(19-8-3-2-7-18(19)20(24)25-21)15-6-4-5-13(9-15)14-10-16(22)12-17(23)11-14/h2-12H,1H3,(H2,24,25). The fourth-order valence-corrected chi connectivity index (χ4v) is 3.96. The average Bonchev–Trinajstić information content (AvgIpc) is 2.87. The lowest BCUT2D eigenvalue weighted by molar-refractivity contribution is 0.621. The molecule has 2 N–H and O–H groups in total. The fraction of sp³-hybridized carbons (Fsp3) is 0.0952. The number of hydrogen-bond acceptors (Lipinski definition) is 2. The zero-order valence-electron chi connectivity index (χ0n) is 13.6. The number of amidine groups is 1. The highest BCUT2D eigenvalue weighted by molar-refractivity contribution is 6.35. The molecule has 0 aromatic heterocycles. The van der Waals surface area contributed by atoms with Crippen LogP contribution in [0.2, 0.25) is 10.0 Å². The Morgan fingerprint density at radius 3 is 2.32 bits per heavy atom. The molecule has 0 aliphatic carbocycles. The van der Waals surface area contributed by atoms with Crippen LogP contribution in [0, 0.1) is 0 Å². The van der Waals surface area contributed by atoms with Crippen LogP contribution in [0.25, 0.3) is 11.1 Å². The van der Waals surface area contributed by atoms with E-state index in [9.17, 15) is 0 Å². The molecular weight excluding hydrogens is 351 g/mol. The molecule has 0 amide bonds. The van der Waals surface area contributed by atoms with E-state index in [1.807, 2.05) is 42.5 Å². The van der Waals surface area contributed by atoms with Gasteiger partial charge in [-0.3, -0.25) is 4.99 Å². The summed E-state index contributed by atoms with van der Waals surface area (Å²) in [4.78, 5) is 4.77. The molecule has 0 radical (unpaired) electrons. The highest BCUT2D eigenvalue weighted by Crippen LogP contribution is 2.41. The van der Waals surface area contributed by atoms with Crippen LogP contribution in [-0.4, -0.2) is 5.84 Å². The highest BCUT2D eigenvalue weighted by atomic mass is 35.5. The van der Waals surface area contributed by atoms with E-state index in [-0.39, 0.29) is 0 Å². The van der Waals surface area contributed by atoms with E-state index >= 15 is 0 Å². The number of benzene rings is 3. The molecule has 4 rings (SSSR count). The number of rotatable bonds is 2. The van der Waals surface area contributed by atoms with Crippen molar-refractivity contribution in [2.75, 3.05) is 0 Å². The molecule has 124 valence electrons. The van der Waals surface area contributed by atoms with Crippen LogP contribution >= 0.6 is 23.2 Å². The summed E-state index contributed by atoms with van der Waals surface area (Å²) < 4.78 is 0. The summed E-state index contributed by atoms with van der Waals surface area (Å²) in [5, 5.41) is 1.24. The van der Waals surface area contributed by atoms with Gasteiger partial charge in [0.25, 0.3) is 0 Å². The summed E-state index contributed by atoms with van der Waals surface area (Å²) in [6, 6.07) is 21.9. The first-order chi connectivity index (χ1) is 12.0. The second kappa shape index (κ2) is 5.91. The van der Waals surface area contributed by atoms with Crippen LogP contribution in [0.5, 0.6) is 0 Å². The first kappa shape index (κ1) is 16.2. The number of hydrogen-bond donors (Lipinski definition) is 1. The summed E-state index contributed by atoms with van der Waals surface area (Å²) in [5.74, 6) is 0.578. The largest absolute Gasteiger partial charge is 0.383 e. The lowest BCUT2D eigenvalue weighted by Gasteiger charge is -2.24. The van der Waals surface area contributed by atoms with E-state index in [2.05, 4.69) is 25.1 Å². The molecule has 1 aliphatic heterocycles. The zero-order chi connectivity index (χ0) is 17.6. The van der Waals surface area contributed by atoms with Gasteiger partial charge in [0, 0.05) is 15.6 Å². The van der Waals surface area contributed by atoms with Gasteiger partial charge in [-0.15, -0.1) is 0 Å². The van der Waals surface area contributed by atoms with Crippen molar-refractivity contribution in [2.45, 2.75) is 12.5 Å². The van der Waals surface area contributed by atoms with E-state index < -0.39 is 5.54 Å². The normalized spacial score (nSPS) is 18.8. The second-order valence-corrected chi connectivity index (χ2v) is 7.23. The second-order valence-electron chi connectivity index (χ2n) is 6.35. The molecule has 3 aromatic carbocycles. The minimum absolute atomic E-state index is 0.501. The van der Waals surface area contributed by atoms with Gasteiger partial charge in [-0.1, -0.05) is 65.7 Å². The van der Waals surface area contributed by atoms with Crippen molar-refractivity contribution < 1.29 is 0 Å². The van der Waals surface area contributed by atoms with E-state index in [4.69, 9.17) is 33.9 Å². The quantitative estimate of drug-likeness (QED) is 0.625. The van der Waals surface area contributed by atoms with Gasteiger partial charge in [0.15, 0.2) is 0 Å². The molecule has 2 nitrogen and oxygen atoms in total. The van der Waals surface area contributed by atoms with Crippen molar-refractivity contribution in [2.24, 2.45) is 10.7 Å². The van der Waals surface area contributed by atoms with Crippen LogP contribution < -0.4 is 5.73 Å². The van der Waals surface area contributed by atoms with Gasteiger partial charge < -0.3 is 5.73 Å². The molecule has 0 bridgehead atoms. The molecule has 1 unspecified atom stereocenters. The first-order valence-electron chi connectivity index (χ1n) is 7.99. The third-order valence-corrected chi connectivity index (χ3v) is 5.13. The van der Waals surface area contributed by atoms with Crippen LogP contribution in [0.1, 0.15) is 23.6 Å². The Bertz CT molecular complexity index is 990. The summed E-state index contributed by atoms with van der Waals surface area (Å²) in [5.41, 5.74) is 10.9. The summed E-state index contributed by atoms with van der Waals surface area (Å²) in [6.45, 7) is 2.09. The van der Waals surface area contributed by atoms with E-state index in [0.717, 1.165) is 27.8 Å². The van der Waals surface area contributed by atoms with Gasteiger partial charge in [0.1, 0.15) is 11.4 Å². The molecule has 1 atom stereocenters. The van der Waals surface area contributed by atoms with Gasteiger partial charge >= 0.3 is 0 Å². The predicted molar refractivity (Wildman–Crippen MR) is 106 cm³/mol. The number of fused-ring (bicyclic) bond motifs is 1. The molecule has 0 saturated carbocycles. The van der Waals surface area contributed by atoms with Crippen LogP contribution in [0.15, 0.2) is 71.7 Å². The molecule has 0 fully saturated rings. The van der Waals surface area contributed by atoms with Crippen molar-refractivity contribution in [3.8, 4) is 11.1 Å². The van der Waals surface area contributed by atoms with E-state index in [1.54, 1.807) is 6.07 Å². The van der Waals surface area contributed by atoms with Gasteiger partial charge in [0.05, 0.1) is 0 Å². The molecule has 3 aromatic rings. The Hall–Kier alpha value is -2.29. The van der Waals surface area contributed by atoms with Crippen LogP contribution in [0.4, 0.5) is 0 Å². The van der Waals surface area contributed by atoms with Crippen molar-refractivity contribution in [3.05, 3.63) is 93.5 Å². The molecule has 4 heteroatoms. The lowest BCUT2D eigenvalue weighted by Crippen LogP contribution is -2.18. The monoisotopic (exact) mass is 366 g/mol. The number of nitrogens with two attached hydrogens (primary N) is 1. The maximum atomic E-state index is 6.16. The number of halogens is 2. The van der Waals surface area contributed by atoms with Crippen molar-refractivity contribution in [1.29, 1.82) is 0 Å². The molecular formula is C21H16Cl2N2. The number of nitrogens with zero attached hydrogens (tertiary/aromatic N) is 1. The van der Waals surface area contributed by atoms with Crippen molar-refractivity contribution in [1.82, 2.24) is 0 Å². The Morgan fingerprint density at radius 2 is 1.56 bits per heavy atom. The third kappa shape index (κ3) is 2.72. The number of aliphatic imine (C=N–C) groups is 1. The fourth-order valence-electron chi connectivity index (χ4n) is 3.43. The predicted octanol–water partition coefficient (Wildman–Crippen LogP) is 5.64. The first-order valence-corrected chi connectivity index (χ1v) is 8.75. The average molecular weight is 367 g/mol. The van der Waals surface area contributed by atoms with E-state index in [1.165, 1.54) is 0 Å². The molecule has 0 saturated heterocycles. The SMILES string of the molecule is CC1(c2cccc(-c3cc(Cl)cc(Cl)c3)c2)N=C(N)c2ccccc21. The summed E-state index contributed by atoms with van der Waals surface area (Å²) in [6.07, 6.45) is 0. The van der Waals surface area contributed by atoms with Gasteiger partial charge in [-0.05, 0) is 53.4 Å². The zero-order valence-corrected chi connectivity index (χ0v) is 15.1. The van der Waals surface area contributed by atoms with Crippen LogP contribution in [-0.2, 0) is 5.54 Å². The highest BCUT2D eigenvalue weighted by Gasteiger charge is 2.36. The lowest BCUT2D eigenvalue weighted by atomic mass is 9.84. The topological polar surface area (TPSA) is 38.4 Å². The Morgan fingerprint density at radius 1 is 0.840 bits per heavy atom. The van der Waals surface area contributed by atoms with Gasteiger partial charge in [-0.25, -0.2) is 0 Å².